The molecule has 0 radical (unpaired) electrons. The van der Waals surface area contributed by atoms with Crippen molar-refractivity contribution in [1.29, 1.82) is 0 Å². The normalized spacial score (nSPS) is 32.4. The summed E-state index contributed by atoms with van der Waals surface area (Å²) in [7, 11) is 1.69. The van der Waals surface area contributed by atoms with Crippen LogP contribution in [0.5, 0.6) is 0 Å². The minimum absolute atomic E-state index is 0.00511. The number of carbonyl (C=O) groups excluding carboxylic acids is 2. The zero-order chi connectivity index (χ0) is 35.8. The molecule has 11 nitrogen and oxygen atoms in total. The zero-order valence-corrected chi connectivity index (χ0v) is 30.7. The zero-order valence-electron chi connectivity index (χ0n) is 30.7. The number of amides is 1. The number of hydrogen-bond donors (Lipinski definition) is 3. The van der Waals surface area contributed by atoms with Gasteiger partial charge in [0.25, 0.3) is 0 Å². The number of esters is 1. The number of aliphatic hydroxyl groups is 3. The molecule has 0 aromatic carbocycles. The molecule has 0 aliphatic carbocycles. The maximum absolute atomic E-state index is 13.2. The third kappa shape index (κ3) is 11.6. The summed E-state index contributed by atoms with van der Waals surface area (Å²) in [6, 6.07) is 0.395. The molecular formula is C37H62N2O9. The lowest BCUT2D eigenvalue weighted by Gasteiger charge is -2.38. The molecule has 2 saturated heterocycles. The summed E-state index contributed by atoms with van der Waals surface area (Å²) in [4.78, 5) is 30.1. The smallest absolute Gasteiger partial charge is 0.410 e. The Morgan fingerprint density at radius 2 is 1.85 bits per heavy atom. The number of epoxide rings is 1. The molecule has 3 rings (SSSR count). The molecule has 274 valence electrons. The molecular weight excluding hydrogens is 616 g/mol. The Morgan fingerprint density at radius 1 is 1.19 bits per heavy atom. The number of methoxy groups -OCH3 is 1. The Bertz CT molecular complexity index is 1170. The van der Waals surface area contributed by atoms with E-state index in [2.05, 4.69) is 25.7 Å². The average Bonchev–Trinajstić information content (AvgIpc) is 3.78. The van der Waals surface area contributed by atoms with Gasteiger partial charge in [-0.15, -0.1) is 0 Å². The highest BCUT2D eigenvalue weighted by Crippen LogP contribution is 2.39. The van der Waals surface area contributed by atoms with Gasteiger partial charge in [0.05, 0.1) is 24.2 Å². The summed E-state index contributed by atoms with van der Waals surface area (Å²) < 4.78 is 23.1. The van der Waals surface area contributed by atoms with Crippen LogP contribution in [0.25, 0.3) is 0 Å². The average molecular weight is 679 g/mol. The van der Waals surface area contributed by atoms with Gasteiger partial charge < -0.3 is 39.2 Å². The van der Waals surface area contributed by atoms with Crippen molar-refractivity contribution in [3.63, 3.8) is 0 Å². The molecule has 8 atom stereocenters. The van der Waals surface area contributed by atoms with E-state index >= 15 is 0 Å². The Morgan fingerprint density at radius 3 is 2.46 bits per heavy atom. The van der Waals surface area contributed by atoms with Crippen LogP contribution in [0.3, 0.4) is 0 Å². The van der Waals surface area contributed by atoms with Crippen molar-refractivity contribution in [3.8, 4) is 0 Å². The van der Waals surface area contributed by atoms with Crippen molar-refractivity contribution in [2.75, 3.05) is 33.3 Å². The van der Waals surface area contributed by atoms with Gasteiger partial charge in [0, 0.05) is 51.7 Å². The van der Waals surface area contributed by atoms with E-state index in [-0.39, 0.29) is 37.4 Å². The van der Waals surface area contributed by atoms with Crippen LogP contribution in [0.15, 0.2) is 35.1 Å². The quantitative estimate of drug-likeness (QED) is 0.157. The largest absolute Gasteiger partial charge is 0.483 e. The fourth-order valence-corrected chi connectivity index (χ4v) is 6.69. The number of piperazine rings is 1. The first-order chi connectivity index (χ1) is 22.5. The third-order valence-electron chi connectivity index (χ3n) is 10.1. The monoisotopic (exact) mass is 678 g/mol. The highest BCUT2D eigenvalue weighted by Gasteiger charge is 2.41. The lowest BCUT2D eigenvalue weighted by Crippen LogP contribution is -2.52. The highest BCUT2D eigenvalue weighted by molar-refractivity contribution is 5.70. The van der Waals surface area contributed by atoms with Gasteiger partial charge in [0.15, 0.2) is 12.2 Å². The van der Waals surface area contributed by atoms with Crippen molar-refractivity contribution in [3.05, 3.63) is 35.1 Å². The van der Waals surface area contributed by atoms with Gasteiger partial charge in [0.2, 0.25) is 0 Å². The second-order valence-electron chi connectivity index (χ2n) is 14.8. The fourth-order valence-electron chi connectivity index (χ4n) is 6.69. The molecule has 1 amide bonds. The predicted octanol–water partition coefficient (Wildman–Crippen LogP) is 4.88. The second-order valence-corrected chi connectivity index (χ2v) is 14.8. The third-order valence-corrected chi connectivity index (χ3v) is 10.1. The van der Waals surface area contributed by atoms with Crippen LogP contribution < -0.4 is 0 Å². The van der Waals surface area contributed by atoms with Crippen LogP contribution >= 0.6 is 0 Å². The van der Waals surface area contributed by atoms with E-state index in [1.165, 1.54) is 0 Å². The molecule has 0 saturated carbocycles. The fraction of sp³-hybridized carbons (Fsp3) is 0.784. The molecule has 3 N–H and O–H groups in total. The predicted molar refractivity (Wildman–Crippen MR) is 184 cm³/mol. The van der Waals surface area contributed by atoms with Crippen molar-refractivity contribution in [1.82, 2.24) is 9.80 Å². The number of hydrogen-bond acceptors (Lipinski definition) is 10. The first-order valence-electron chi connectivity index (χ1n) is 17.7. The maximum atomic E-state index is 13.2. The number of allylic oxidation sites excluding steroid dienone is 1. The highest BCUT2D eigenvalue weighted by atomic mass is 16.6. The molecule has 3 aliphatic rings. The minimum atomic E-state index is -1.47. The van der Waals surface area contributed by atoms with Crippen LogP contribution in [0.1, 0.15) is 100 Å². The Balaban J connectivity index is 1.71. The van der Waals surface area contributed by atoms with Crippen LogP contribution in [0.2, 0.25) is 0 Å². The lowest BCUT2D eigenvalue weighted by molar-refractivity contribution is -0.151. The maximum Gasteiger partial charge on any atom is 0.410 e. The number of rotatable bonds is 11. The summed E-state index contributed by atoms with van der Waals surface area (Å²) in [5, 5.41) is 33.2. The van der Waals surface area contributed by atoms with Crippen LogP contribution in [-0.2, 0) is 23.7 Å². The van der Waals surface area contributed by atoms with Gasteiger partial charge in [-0.2, -0.15) is 0 Å². The van der Waals surface area contributed by atoms with E-state index in [0.29, 0.717) is 38.4 Å². The summed E-state index contributed by atoms with van der Waals surface area (Å²) in [6.07, 6.45) is 4.59. The first kappa shape index (κ1) is 40.0. The molecule has 0 spiro atoms. The molecule has 2 fully saturated rings. The van der Waals surface area contributed by atoms with Crippen LogP contribution in [-0.4, -0.2) is 118 Å². The Kier molecular flexibility index (Phi) is 14.6. The van der Waals surface area contributed by atoms with Crippen molar-refractivity contribution in [2.24, 2.45) is 5.92 Å². The van der Waals surface area contributed by atoms with Gasteiger partial charge >= 0.3 is 12.1 Å². The standard InChI is InChI=1S/C37H62N2O9/c1-10-29(45-9)27(6)34-30(46-34)23-36(7,43)16-11-12-25(4)33-26(5)13-14-31(37(8,44)17-15-28(40)22-32(41)48-33)47-35(42)39-20-18-38(19-21-39)24(2)3/h12-14,24,26,28-31,33,40,43-44H,10-11,15-23H2,1-9H3. The molecule has 48 heavy (non-hydrogen) atoms. The second kappa shape index (κ2) is 17.5. The number of nitrogens with zero attached hydrogens (tertiary/aromatic N) is 2. The van der Waals surface area contributed by atoms with Crippen molar-refractivity contribution in [2.45, 2.75) is 148 Å². The first-order valence-corrected chi connectivity index (χ1v) is 17.7. The Hall–Kier alpha value is -2.44. The number of cyclic esters (lactones) is 1. The molecule has 0 aromatic heterocycles. The van der Waals surface area contributed by atoms with Gasteiger partial charge in [0.1, 0.15) is 17.5 Å². The van der Waals surface area contributed by atoms with E-state index in [4.69, 9.17) is 18.9 Å². The minimum Gasteiger partial charge on any atom is -0.483 e. The van der Waals surface area contributed by atoms with Gasteiger partial charge in [-0.25, -0.2) is 4.79 Å². The summed E-state index contributed by atoms with van der Waals surface area (Å²) >= 11 is 0. The molecule has 11 heteroatoms. The number of carbonyl (C=O) groups is 2. The number of ether oxygens (including phenoxy) is 4. The topological polar surface area (TPSA) is 142 Å². The van der Waals surface area contributed by atoms with Crippen molar-refractivity contribution >= 4 is 12.1 Å². The van der Waals surface area contributed by atoms with Crippen LogP contribution in [0.4, 0.5) is 4.79 Å². The SMILES string of the molecule is CCC(OC)C(C)=C1OC1CC(C)(O)CCC=C(C)C1OC(=O)CC(O)CCC(C)(O)C(OC(=O)N2CCN(C(C)C)CC2)C=CC1C. The van der Waals surface area contributed by atoms with E-state index in [1.807, 2.05) is 32.9 Å². The lowest BCUT2D eigenvalue weighted by atomic mass is 9.88. The van der Waals surface area contributed by atoms with Crippen LogP contribution in [0, 0.1) is 5.92 Å². The van der Waals surface area contributed by atoms with Gasteiger partial charge in [-0.05, 0) is 90.9 Å². The molecule has 3 aliphatic heterocycles. The summed E-state index contributed by atoms with van der Waals surface area (Å²) in [5.74, 6) is 0.0326. The van der Waals surface area contributed by atoms with E-state index in [0.717, 1.165) is 36.4 Å². The van der Waals surface area contributed by atoms with Gasteiger partial charge in [-0.1, -0.05) is 26.0 Å². The van der Waals surface area contributed by atoms with E-state index < -0.39 is 41.6 Å². The summed E-state index contributed by atoms with van der Waals surface area (Å²) in [6.45, 7) is 18.1. The van der Waals surface area contributed by atoms with Gasteiger partial charge in [-0.3, -0.25) is 9.69 Å². The molecule has 8 unspecified atom stereocenters. The molecule has 0 aromatic rings. The molecule has 0 bridgehead atoms. The number of aliphatic hydroxyl groups excluding tert-OH is 1. The van der Waals surface area contributed by atoms with E-state index in [9.17, 15) is 24.9 Å². The Labute approximate surface area is 287 Å². The summed E-state index contributed by atoms with van der Waals surface area (Å²) in [5.41, 5.74) is -0.574. The molecule has 3 heterocycles. The van der Waals surface area contributed by atoms with E-state index in [1.54, 1.807) is 31.9 Å². The van der Waals surface area contributed by atoms with Crippen molar-refractivity contribution < 1.29 is 43.9 Å².